The Bertz CT molecular complexity index is 614. The number of benzene rings is 1. The first-order valence-electron chi connectivity index (χ1n) is 6.56. The van der Waals surface area contributed by atoms with Gasteiger partial charge in [0.1, 0.15) is 11.9 Å². The maximum atomic E-state index is 13.3. The Kier molecular flexibility index (Phi) is 3.40. The number of halogens is 1. The van der Waals surface area contributed by atoms with Gasteiger partial charge in [0.15, 0.2) is 0 Å². The molecule has 1 saturated heterocycles. The molecule has 0 bridgehead atoms. The summed E-state index contributed by atoms with van der Waals surface area (Å²) in [6, 6.07) is 5.57. The lowest BCUT2D eigenvalue weighted by Gasteiger charge is -2.32. The van der Waals surface area contributed by atoms with E-state index in [0.29, 0.717) is 37.2 Å². The third-order valence-corrected chi connectivity index (χ3v) is 3.41. The third-order valence-electron chi connectivity index (χ3n) is 3.41. The molecule has 2 heterocycles. The summed E-state index contributed by atoms with van der Waals surface area (Å²) < 4.78 is 24.5. The predicted molar refractivity (Wildman–Crippen MR) is 71.1 cm³/mol. The number of nitrogens with zero attached hydrogens (tertiary/aromatic N) is 3. The summed E-state index contributed by atoms with van der Waals surface area (Å²) in [5.74, 6) is 0.342. The highest BCUT2D eigenvalue weighted by Crippen LogP contribution is 2.26. The second-order valence-corrected chi connectivity index (χ2v) is 4.92. The predicted octanol–water partition coefficient (Wildman–Crippen LogP) is 2.40. The Morgan fingerprint density at radius 1 is 1.30 bits per heavy atom. The standard InChI is InChI=1S/C14H16FN3O2/c1-9-7-11(3-4-12(9)15)13-8-18(5-6-19-13)14-17-16-10(2)20-14/h3-4,7,13H,5-6,8H2,1-2H3. The summed E-state index contributed by atoms with van der Waals surface area (Å²) in [6.07, 6.45) is -0.116. The zero-order valence-corrected chi connectivity index (χ0v) is 11.5. The molecule has 1 fully saturated rings. The van der Waals surface area contributed by atoms with Gasteiger partial charge in [0, 0.05) is 13.5 Å². The Morgan fingerprint density at radius 3 is 2.85 bits per heavy atom. The lowest BCUT2D eigenvalue weighted by Crippen LogP contribution is -2.38. The van der Waals surface area contributed by atoms with Gasteiger partial charge in [-0.3, -0.25) is 0 Å². The third kappa shape index (κ3) is 2.51. The van der Waals surface area contributed by atoms with Gasteiger partial charge in [-0.15, -0.1) is 5.10 Å². The summed E-state index contributed by atoms with van der Waals surface area (Å²) in [6.45, 7) is 5.41. The molecule has 1 aromatic carbocycles. The van der Waals surface area contributed by atoms with Crippen LogP contribution in [-0.4, -0.2) is 29.9 Å². The van der Waals surface area contributed by atoms with Crippen molar-refractivity contribution in [1.82, 2.24) is 10.2 Å². The van der Waals surface area contributed by atoms with Crippen molar-refractivity contribution < 1.29 is 13.5 Å². The molecule has 5 nitrogen and oxygen atoms in total. The van der Waals surface area contributed by atoms with Crippen LogP contribution in [0, 0.1) is 19.7 Å². The fourth-order valence-electron chi connectivity index (χ4n) is 2.31. The quantitative estimate of drug-likeness (QED) is 0.843. The van der Waals surface area contributed by atoms with E-state index in [2.05, 4.69) is 10.2 Å². The van der Waals surface area contributed by atoms with E-state index in [1.165, 1.54) is 6.07 Å². The zero-order valence-electron chi connectivity index (χ0n) is 11.5. The minimum absolute atomic E-state index is 0.116. The van der Waals surface area contributed by atoms with Crippen molar-refractivity contribution >= 4 is 6.01 Å². The van der Waals surface area contributed by atoms with Crippen LogP contribution in [0.1, 0.15) is 23.1 Å². The first kappa shape index (κ1) is 13.1. The van der Waals surface area contributed by atoms with E-state index in [1.807, 2.05) is 11.0 Å². The van der Waals surface area contributed by atoms with Crippen LogP contribution in [0.5, 0.6) is 0 Å². The van der Waals surface area contributed by atoms with E-state index < -0.39 is 0 Å². The number of hydrogen-bond acceptors (Lipinski definition) is 5. The lowest BCUT2D eigenvalue weighted by molar-refractivity contribution is 0.0379. The van der Waals surface area contributed by atoms with Gasteiger partial charge in [-0.2, -0.15) is 0 Å². The van der Waals surface area contributed by atoms with E-state index in [-0.39, 0.29) is 11.9 Å². The topological polar surface area (TPSA) is 51.4 Å². The van der Waals surface area contributed by atoms with Gasteiger partial charge in [0.25, 0.3) is 0 Å². The van der Waals surface area contributed by atoms with Crippen molar-refractivity contribution in [3.05, 3.63) is 41.0 Å². The normalized spacial score (nSPS) is 19.4. The van der Waals surface area contributed by atoms with E-state index in [0.717, 1.165) is 5.56 Å². The molecule has 0 aliphatic carbocycles. The maximum absolute atomic E-state index is 13.3. The van der Waals surface area contributed by atoms with Crippen LogP contribution >= 0.6 is 0 Å². The van der Waals surface area contributed by atoms with Gasteiger partial charge < -0.3 is 14.1 Å². The number of morpholine rings is 1. The highest BCUT2D eigenvalue weighted by molar-refractivity contribution is 5.31. The van der Waals surface area contributed by atoms with E-state index in [4.69, 9.17) is 9.15 Å². The van der Waals surface area contributed by atoms with Crippen LogP contribution in [-0.2, 0) is 4.74 Å². The molecule has 3 rings (SSSR count). The summed E-state index contributed by atoms with van der Waals surface area (Å²) in [4.78, 5) is 1.99. The zero-order chi connectivity index (χ0) is 14.1. The molecule has 1 aliphatic heterocycles. The SMILES string of the molecule is Cc1nnc(N2CCOC(c3ccc(F)c(C)c3)C2)o1. The van der Waals surface area contributed by atoms with Crippen LogP contribution in [0.25, 0.3) is 0 Å². The van der Waals surface area contributed by atoms with Crippen LogP contribution in [0.4, 0.5) is 10.4 Å². The van der Waals surface area contributed by atoms with Crippen molar-refractivity contribution in [2.24, 2.45) is 0 Å². The van der Waals surface area contributed by atoms with Crippen molar-refractivity contribution in [2.45, 2.75) is 20.0 Å². The van der Waals surface area contributed by atoms with Crippen LogP contribution in [0.3, 0.4) is 0 Å². The molecular formula is C14H16FN3O2. The molecular weight excluding hydrogens is 261 g/mol. The number of hydrogen-bond donors (Lipinski definition) is 0. The van der Waals surface area contributed by atoms with Gasteiger partial charge in [-0.1, -0.05) is 17.2 Å². The molecule has 2 aromatic rings. The Hall–Kier alpha value is -1.95. The largest absolute Gasteiger partial charge is 0.408 e. The smallest absolute Gasteiger partial charge is 0.318 e. The van der Waals surface area contributed by atoms with Crippen molar-refractivity contribution in [1.29, 1.82) is 0 Å². The molecule has 0 spiro atoms. The summed E-state index contributed by atoms with van der Waals surface area (Å²) in [7, 11) is 0. The number of ether oxygens (including phenoxy) is 1. The lowest BCUT2D eigenvalue weighted by atomic mass is 10.0. The second kappa shape index (κ2) is 5.20. The molecule has 0 amide bonds. The fourth-order valence-corrected chi connectivity index (χ4v) is 2.31. The molecule has 0 radical (unpaired) electrons. The van der Waals surface area contributed by atoms with Gasteiger partial charge in [0.05, 0.1) is 13.2 Å². The van der Waals surface area contributed by atoms with E-state index in [9.17, 15) is 4.39 Å². The average Bonchev–Trinajstić information content (AvgIpc) is 2.89. The minimum atomic E-state index is -0.200. The van der Waals surface area contributed by atoms with Crippen molar-refractivity contribution in [3.63, 3.8) is 0 Å². The van der Waals surface area contributed by atoms with E-state index >= 15 is 0 Å². The molecule has 106 valence electrons. The maximum Gasteiger partial charge on any atom is 0.318 e. The summed E-state index contributed by atoms with van der Waals surface area (Å²) >= 11 is 0. The molecule has 1 aromatic heterocycles. The van der Waals surface area contributed by atoms with Gasteiger partial charge in [-0.25, -0.2) is 4.39 Å². The molecule has 6 heteroatoms. The molecule has 1 atom stereocenters. The molecule has 20 heavy (non-hydrogen) atoms. The summed E-state index contributed by atoms with van der Waals surface area (Å²) in [5, 5.41) is 7.86. The molecule has 1 aliphatic rings. The summed E-state index contributed by atoms with van der Waals surface area (Å²) in [5.41, 5.74) is 1.58. The van der Waals surface area contributed by atoms with Gasteiger partial charge >= 0.3 is 6.01 Å². The van der Waals surface area contributed by atoms with Gasteiger partial charge in [-0.05, 0) is 24.1 Å². The van der Waals surface area contributed by atoms with E-state index in [1.54, 1.807) is 19.9 Å². The van der Waals surface area contributed by atoms with Crippen LogP contribution in [0.2, 0.25) is 0 Å². The number of aromatic nitrogens is 2. The first-order chi connectivity index (χ1) is 9.63. The van der Waals surface area contributed by atoms with Gasteiger partial charge in [0.2, 0.25) is 5.89 Å². The first-order valence-corrected chi connectivity index (χ1v) is 6.56. The number of aryl methyl sites for hydroxylation is 2. The minimum Gasteiger partial charge on any atom is -0.408 e. The number of anilines is 1. The van der Waals surface area contributed by atoms with Crippen LogP contribution in [0.15, 0.2) is 22.6 Å². The molecule has 0 N–H and O–H groups in total. The average molecular weight is 277 g/mol. The Morgan fingerprint density at radius 2 is 2.15 bits per heavy atom. The van der Waals surface area contributed by atoms with Crippen LogP contribution < -0.4 is 4.90 Å². The highest BCUT2D eigenvalue weighted by Gasteiger charge is 2.25. The monoisotopic (exact) mass is 277 g/mol. The highest BCUT2D eigenvalue weighted by atomic mass is 19.1. The Labute approximate surface area is 116 Å². The molecule has 1 unspecified atom stereocenters. The molecule has 0 saturated carbocycles. The number of rotatable bonds is 2. The van der Waals surface area contributed by atoms with Crippen molar-refractivity contribution in [2.75, 3.05) is 24.6 Å². The van der Waals surface area contributed by atoms with Crippen molar-refractivity contribution in [3.8, 4) is 0 Å². The Balaban J connectivity index is 1.79. The fraction of sp³-hybridized carbons (Fsp3) is 0.429. The second-order valence-electron chi connectivity index (χ2n) is 4.92.